The van der Waals surface area contributed by atoms with Gasteiger partial charge in [-0.2, -0.15) is 5.26 Å². The van der Waals surface area contributed by atoms with E-state index in [0.717, 1.165) is 64.2 Å². The fourth-order valence-corrected chi connectivity index (χ4v) is 5.64. The van der Waals surface area contributed by atoms with Gasteiger partial charge in [0.15, 0.2) is 0 Å². The molecule has 0 saturated heterocycles. The molecule has 2 aliphatic rings. The van der Waals surface area contributed by atoms with E-state index >= 15 is 0 Å². The van der Waals surface area contributed by atoms with Crippen molar-refractivity contribution in [2.75, 3.05) is 0 Å². The molecule has 0 spiro atoms. The number of unbranched alkanes of at least 4 members (excludes halogenated alkanes) is 3. The zero-order valence-electron chi connectivity index (χ0n) is 20.6. The second kappa shape index (κ2) is 14.2. The topological polar surface area (TPSA) is 50.1 Å². The van der Waals surface area contributed by atoms with Gasteiger partial charge >= 0.3 is 5.97 Å². The normalized spacial score (nSPS) is 25.6. The highest BCUT2D eigenvalue weighted by atomic mass is 16.5. The minimum atomic E-state index is 0.0521. The summed E-state index contributed by atoms with van der Waals surface area (Å²) in [7, 11) is 0. The first-order valence-electron chi connectivity index (χ1n) is 13.5. The van der Waals surface area contributed by atoms with Gasteiger partial charge in [0.2, 0.25) is 0 Å². The van der Waals surface area contributed by atoms with Gasteiger partial charge < -0.3 is 4.74 Å². The summed E-state index contributed by atoms with van der Waals surface area (Å²) in [5.74, 6) is 1.44. The summed E-state index contributed by atoms with van der Waals surface area (Å²) in [6.45, 7) is 2.26. The third kappa shape index (κ3) is 8.65. The van der Waals surface area contributed by atoms with Crippen molar-refractivity contribution in [3.8, 4) is 6.07 Å². The first-order chi connectivity index (χ1) is 16.2. The van der Waals surface area contributed by atoms with Crippen molar-refractivity contribution in [1.82, 2.24) is 0 Å². The van der Waals surface area contributed by atoms with Crippen LogP contribution in [0.3, 0.4) is 0 Å². The standard InChI is InChI=1S/C30H43NO2/c1-2-3-4-6-9-24-11-15-26(16-12-24)27-17-19-28(20-18-27)30(32)33-29-21-13-25(14-22-29)10-7-5-8-23-31/h5,8,11-12,15-16,25,27-29H,2-4,6-7,9-10,13-14,17-22H2,1H3/b8-5+. The molecule has 3 heteroatoms. The highest BCUT2D eigenvalue weighted by molar-refractivity contribution is 5.72. The van der Waals surface area contributed by atoms with Crippen LogP contribution in [-0.4, -0.2) is 12.1 Å². The summed E-state index contributed by atoms with van der Waals surface area (Å²) in [6, 6.07) is 11.3. The number of aryl methyl sites for hydroxylation is 1. The van der Waals surface area contributed by atoms with Gasteiger partial charge in [0, 0.05) is 6.08 Å². The van der Waals surface area contributed by atoms with Crippen molar-refractivity contribution in [2.24, 2.45) is 11.8 Å². The first-order valence-corrected chi connectivity index (χ1v) is 13.5. The van der Waals surface area contributed by atoms with Crippen LogP contribution in [0.5, 0.6) is 0 Å². The Morgan fingerprint density at radius 2 is 1.73 bits per heavy atom. The van der Waals surface area contributed by atoms with Gasteiger partial charge in [-0.25, -0.2) is 0 Å². The summed E-state index contributed by atoms with van der Waals surface area (Å²) >= 11 is 0. The van der Waals surface area contributed by atoms with Crippen molar-refractivity contribution < 1.29 is 9.53 Å². The summed E-state index contributed by atoms with van der Waals surface area (Å²) in [5, 5.41) is 8.57. The van der Waals surface area contributed by atoms with Gasteiger partial charge in [-0.1, -0.05) is 56.5 Å². The van der Waals surface area contributed by atoms with Crippen molar-refractivity contribution in [3.05, 3.63) is 47.5 Å². The maximum Gasteiger partial charge on any atom is 0.309 e. The maximum atomic E-state index is 12.8. The van der Waals surface area contributed by atoms with Crippen LogP contribution in [0.1, 0.15) is 114 Å². The predicted octanol–water partition coefficient (Wildman–Crippen LogP) is 8.05. The summed E-state index contributed by atoms with van der Waals surface area (Å²) in [4.78, 5) is 12.8. The molecule has 0 radical (unpaired) electrons. The fourth-order valence-electron chi connectivity index (χ4n) is 5.64. The first kappa shape index (κ1) is 25.5. The Labute approximate surface area is 201 Å². The van der Waals surface area contributed by atoms with Crippen LogP contribution in [0.15, 0.2) is 36.4 Å². The molecule has 0 atom stereocenters. The van der Waals surface area contributed by atoms with E-state index in [0.29, 0.717) is 11.8 Å². The molecule has 3 rings (SSSR count). The van der Waals surface area contributed by atoms with Crippen LogP contribution in [-0.2, 0) is 16.0 Å². The molecule has 0 amide bonds. The molecule has 2 fully saturated rings. The lowest BCUT2D eigenvalue weighted by atomic mass is 9.78. The largest absolute Gasteiger partial charge is 0.462 e. The van der Waals surface area contributed by atoms with Crippen molar-refractivity contribution in [1.29, 1.82) is 5.26 Å². The quantitative estimate of drug-likeness (QED) is 0.195. The molecule has 2 aliphatic carbocycles. The lowest BCUT2D eigenvalue weighted by Crippen LogP contribution is -2.29. The molecule has 2 saturated carbocycles. The van der Waals surface area contributed by atoms with Gasteiger partial charge in [0.25, 0.3) is 0 Å². The molecular weight excluding hydrogens is 406 g/mol. The van der Waals surface area contributed by atoms with E-state index in [2.05, 4.69) is 37.3 Å². The predicted molar refractivity (Wildman–Crippen MR) is 135 cm³/mol. The number of ether oxygens (including phenoxy) is 1. The third-order valence-corrected chi connectivity index (χ3v) is 7.84. The SMILES string of the molecule is CCCCCCc1ccc(C2CCC(C(=O)OC3CCC(CC/C=C/C#N)CC3)CC2)cc1. The molecule has 0 heterocycles. The van der Waals surface area contributed by atoms with Gasteiger partial charge in [-0.05, 0) is 100 Å². The Kier molecular flexibility index (Phi) is 11.0. The molecule has 1 aromatic rings. The number of benzene rings is 1. The Morgan fingerprint density at radius 3 is 2.39 bits per heavy atom. The molecule has 1 aromatic carbocycles. The van der Waals surface area contributed by atoms with Gasteiger partial charge in [-0.3, -0.25) is 4.79 Å². The molecule has 0 aromatic heterocycles. The Hall–Kier alpha value is -2.08. The van der Waals surface area contributed by atoms with Crippen molar-refractivity contribution in [2.45, 2.75) is 115 Å². The number of rotatable bonds is 11. The fraction of sp³-hybridized carbons (Fsp3) is 0.667. The molecule has 0 unspecified atom stereocenters. The molecule has 0 aliphatic heterocycles. The van der Waals surface area contributed by atoms with Crippen LogP contribution in [0.25, 0.3) is 0 Å². The van der Waals surface area contributed by atoms with Crippen LogP contribution in [0.2, 0.25) is 0 Å². The average Bonchev–Trinajstić information content (AvgIpc) is 2.86. The van der Waals surface area contributed by atoms with Crippen LogP contribution < -0.4 is 0 Å². The summed E-state index contributed by atoms with van der Waals surface area (Å²) < 4.78 is 5.94. The summed E-state index contributed by atoms with van der Waals surface area (Å²) in [5.41, 5.74) is 2.91. The smallest absolute Gasteiger partial charge is 0.309 e. The van der Waals surface area contributed by atoms with Crippen molar-refractivity contribution in [3.63, 3.8) is 0 Å². The minimum absolute atomic E-state index is 0.0521. The monoisotopic (exact) mass is 449 g/mol. The van der Waals surface area contributed by atoms with Gasteiger partial charge in [-0.15, -0.1) is 0 Å². The highest BCUT2D eigenvalue weighted by Gasteiger charge is 2.31. The van der Waals surface area contributed by atoms with E-state index in [1.54, 1.807) is 6.08 Å². The molecule has 0 bridgehead atoms. The zero-order chi connectivity index (χ0) is 23.3. The zero-order valence-corrected chi connectivity index (χ0v) is 20.6. The van der Waals surface area contributed by atoms with E-state index in [4.69, 9.17) is 10.00 Å². The van der Waals surface area contributed by atoms with E-state index in [-0.39, 0.29) is 18.0 Å². The number of nitrogens with zero attached hydrogens (tertiary/aromatic N) is 1. The number of hydrogen-bond donors (Lipinski definition) is 0. The minimum Gasteiger partial charge on any atom is -0.462 e. The second-order valence-electron chi connectivity index (χ2n) is 10.3. The van der Waals surface area contributed by atoms with Gasteiger partial charge in [0.1, 0.15) is 6.10 Å². The molecule has 0 N–H and O–H groups in total. The van der Waals surface area contributed by atoms with E-state index in [1.807, 2.05) is 6.08 Å². The van der Waals surface area contributed by atoms with Crippen molar-refractivity contribution >= 4 is 5.97 Å². The lowest BCUT2D eigenvalue weighted by molar-refractivity contribution is -0.157. The average molecular weight is 450 g/mol. The van der Waals surface area contributed by atoms with Crippen LogP contribution in [0.4, 0.5) is 0 Å². The molecule has 33 heavy (non-hydrogen) atoms. The third-order valence-electron chi connectivity index (χ3n) is 7.84. The molecule has 3 nitrogen and oxygen atoms in total. The Bertz CT molecular complexity index is 759. The number of esters is 1. The second-order valence-corrected chi connectivity index (χ2v) is 10.3. The Balaban J connectivity index is 1.34. The Morgan fingerprint density at radius 1 is 1.00 bits per heavy atom. The summed E-state index contributed by atoms with van der Waals surface area (Å²) in [6.07, 6.45) is 20.6. The van der Waals surface area contributed by atoms with Gasteiger partial charge in [0.05, 0.1) is 12.0 Å². The number of hydrogen-bond acceptors (Lipinski definition) is 3. The highest BCUT2D eigenvalue weighted by Crippen LogP contribution is 2.37. The number of nitriles is 1. The van der Waals surface area contributed by atoms with Crippen LogP contribution in [0, 0.1) is 23.2 Å². The maximum absolute atomic E-state index is 12.8. The number of carbonyl (C=O) groups excluding carboxylic acids is 1. The van der Waals surface area contributed by atoms with Crippen LogP contribution >= 0.6 is 0 Å². The van der Waals surface area contributed by atoms with E-state index in [9.17, 15) is 4.79 Å². The molecule has 180 valence electrons. The number of carbonyl (C=O) groups is 1. The number of allylic oxidation sites excluding steroid dienone is 2. The van der Waals surface area contributed by atoms with E-state index in [1.165, 1.54) is 43.2 Å². The molecular formula is C30H43NO2. The lowest BCUT2D eigenvalue weighted by Gasteiger charge is -2.31. The van der Waals surface area contributed by atoms with E-state index < -0.39 is 0 Å².